The van der Waals surface area contributed by atoms with Crippen molar-refractivity contribution in [2.24, 2.45) is 0 Å². The van der Waals surface area contributed by atoms with Crippen molar-refractivity contribution in [3.8, 4) is 0 Å². The van der Waals surface area contributed by atoms with E-state index in [1.807, 2.05) is 23.0 Å². The van der Waals surface area contributed by atoms with E-state index in [0.717, 1.165) is 27.3 Å². The van der Waals surface area contributed by atoms with Gasteiger partial charge < -0.3 is 0 Å². The lowest BCUT2D eigenvalue weighted by molar-refractivity contribution is 0.965. The lowest BCUT2D eigenvalue weighted by atomic mass is 10.2. The van der Waals surface area contributed by atoms with Crippen molar-refractivity contribution in [2.45, 2.75) is 0 Å². The third kappa shape index (κ3) is 1.08. The Kier molecular flexibility index (Phi) is 1.50. The average molecular weight is 221 g/mol. The number of nitrogens with zero attached hydrogens (tertiary/aromatic N) is 5. The first-order chi connectivity index (χ1) is 8.43. The van der Waals surface area contributed by atoms with Crippen molar-refractivity contribution in [2.75, 3.05) is 0 Å². The first kappa shape index (κ1) is 8.58. The molecule has 0 fully saturated rings. The maximum atomic E-state index is 4.54. The molecule has 0 aromatic carbocycles. The highest BCUT2D eigenvalue weighted by Crippen LogP contribution is 2.24. The minimum absolute atomic E-state index is 0.906. The molecule has 0 aliphatic carbocycles. The second-order valence-electron chi connectivity index (χ2n) is 3.82. The fourth-order valence-corrected chi connectivity index (χ4v) is 2.06. The van der Waals surface area contributed by atoms with Crippen LogP contribution in [0, 0.1) is 0 Å². The van der Waals surface area contributed by atoms with Gasteiger partial charge in [-0.25, -0.2) is 4.52 Å². The summed E-state index contributed by atoms with van der Waals surface area (Å²) in [6, 6.07) is 1.89. The lowest BCUT2D eigenvalue weighted by Crippen LogP contribution is -1.85. The van der Waals surface area contributed by atoms with Crippen LogP contribution in [-0.2, 0) is 0 Å². The molecule has 0 saturated heterocycles. The van der Waals surface area contributed by atoms with E-state index in [-0.39, 0.29) is 0 Å². The number of rotatable bonds is 0. The van der Waals surface area contributed by atoms with Gasteiger partial charge in [0.1, 0.15) is 5.52 Å². The molecular formula is C12H7N5. The highest BCUT2D eigenvalue weighted by molar-refractivity contribution is 6.08. The number of fused-ring (bicyclic) bond motifs is 5. The lowest BCUT2D eigenvalue weighted by Gasteiger charge is -1.95. The van der Waals surface area contributed by atoms with Gasteiger partial charge in [-0.15, -0.1) is 0 Å². The van der Waals surface area contributed by atoms with Crippen molar-refractivity contribution in [1.29, 1.82) is 0 Å². The van der Waals surface area contributed by atoms with Crippen LogP contribution in [0.5, 0.6) is 0 Å². The second-order valence-corrected chi connectivity index (χ2v) is 3.82. The molecule has 0 saturated carbocycles. The molecule has 0 bridgehead atoms. The zero-order chi connectivity index (χ0) is 11.2. The number of aromatic nitrogens is 5. The fourth-order valence-electron chi connectivity index (χ4n) is 2.06. The molecule has 0 spiro atoms. The van der Waals surface area contributed by atoms with Crippen LogP contribution in [0.2, 0.25) is 0 Å². The molecule has 0 atom stereocenters. The van der Waals surface area contributed by atoms with Gasteiger partial charge in [-0.3, -0.25) is 15.0 Å². The summed E-state index contributed by atoms with van der Waals surface area (Å²) in [7, 11) is 0. The van der Waals surface area contributed by atoms with Gasteiger partial charge in [0.25, 0.3) is 0 Å². The van der Waals surface area contributed by atoms with Gasteiger partial charge in [0, 0.05) is 41.8 Å². The predicted molar refractivity (Wildman–Crippen MR) is 63.6 cm³/mol. The Morgan fingerprint density at radius 2 is 1.88 bits per heavy atom. The molecule has 5 nitrogen and oxygen atoms in total. The van der Waals surface area contributed by atoms with E-state index in [9.17, 15) is 0 Å². The highest BCUT2D eigenvalue weighted by atomic mass is 15.2. The van der Waals surface area contributed by atoms with Crippen molar-refractivity contribution in [3.05, 3.63) is 43.2 Å². The Hall–Kier alpha value is -2.56. The second kappa shape index (κ2) is 2.98. The Morgan fingerprint density at radius 1 is 0.941 bits per heavy atom. The summed E-state index contributed by atoms with van der Waals surface area (Å²) < 4.78 is 1.81. The normalized spacial score (nSPS) is 11.5. The topological polar surface area (TPSA) is 56.0 Å². The van der Waals surface area contributed by atoms with Gasteiger partial charge in [-0.2, -0.15) is 5.10 Å². The Labute approximate surface area is 95.8 Å². The first-order valence-corrected chi connectivity index (χ1v) is 5.24. The molecule has 0 aliphatic rings. The molecule has 0 N–H and O–H groups in total. The molecule has 0 amide bonds. The monoisotopic (exact) mass is 221 g/mol. The van der Waals surface area contributed by atoms with Crippen molar-refractivity contribution >= 4 is 27.3 Å². The molecule has 4 aromatic heterocycles. The fraction of sp³-hybridized carbons (Fsp3) is 0. The largest absolute Gasteiger partial charge is 0.264 e. The zero-order valence-corrected chi connectivity index (χ0v) is 8.78. The number of pyridine rings is 2. The van der Waals surface area contributed by atoms with Crippen LogP contribution >= 0.6 is 0 Å². The number of hydrogen-bond donors (Lipinski definition) is 0. The minimum atomic E-state index is 0.906. The Bertz CT molecular complexity index is 849. The van der Waals surface area contributed by atoms with Crippen LogP contribution in [0.25, 0.3) is 27.3 Å². The summed E-state index contributed by atoms with van der Waals surface area (Å²) in [4.78, 5) is 12.6. The molecule has 4 aromatic rings. The maximum absolute atomic E-state index is 4.54. The van der Waals surface area contributed by atoms with Gasteiger partial charge in [0.05, 0.1) is 17.2 Å². The molecule has 80 valence electrons. The van der Waals surface area contributed by atoms with Crippen LogP contribution in [0.15, 0.2) is 43.2 Å². The van der Waals surface area contributed by atoms with E-state index in [2.05, 4.69) is 20.1 Å². The average Bonchev–Trinajstić information content (AvgIpc) is 2.78. The van der Waals surface area contributed by atoms with E-state index < -0.39 is 0 Å². The quantitative estimate of drug-likeness (QED) is 0.454. The molecule has 0 unspecified atom stereocenters. The molecule has 0 aliphatic heterocycles. The van der Waals surface area contributed by atoms with Crippen LogP contribution in [0.4, 0.5) is 0 Å². The highest BCUT2D eigenvalue weighted by Gasteiger charge is 2.08. The smallest absolute Gasteiger partial charge is 0.106 e. The molecule has 4 heterocycles. The zero-order valence-electron chi connectivity index (χ0n) is 8.78. The van der Waals surface area contributed by atoms with Gasteiger partial charge >= 0.3 is 0 Å². The summed E-state index contributed by atoms with van der Waals surface area (Å²) in [5.74, 6) is 0. The molecule has 0 radical (unpaired) electrons. The molecule has 4 rings (SSSR count). The Morgan fingerprint density at radius 3 is 2.88 bits per heavy atom. The molecule has 5 heteroatoms. The van der Waals surface area contributed by atoms with Crippen molar-refractivity contribution in [3.63, 3.8) is 0 Å². The maximum Gasteiger partial charge on any atom is 0.106 e. The summed E-state index contributed by atoms with van der Waals surface area (Å²) >= 11 is 0. The van der Waals surface area contributed by atoms with Crippen molar-refractivity contribution < 1.29 is 0 Å². The predicted octanol–water partition coefficient (Wildman–Crippen LogP) is 1.83. The van der Waals surface area contributed by atoms with E-state index in [0.29, 0.717) is 0 Å². The Balaban J connectivity index is 2.34. The standard InChI is InChI=1S/C12H7N5/c1-2-13-5-8-10(1)15-6-9-11-7-14-3-4-17(11)16-12(8)9/h1-7H. The third-order valence-electron chi connectivity index (χ3n) is 2.86. The van der Waals surface area contributed by atoms with Gasteiger partial charge in [-0.05, 0) is 6.07 Å². The van der Waals surface area contributed by atoms with Crippen LogP contribution in [-0.4, -0.2) is 24.6 Å². The summed E-state index contributed by atoms with van der Waals surface area (Å²) in [6.45, 7) is 0. The van der Waals surface area contributed by atoms with E-state index in [4.69, 9.17) is 0 Å². The van der Waals surface area contributed by atoms with Gasteiger partial charge in [0.2, 0.25) is 0 Å². The minimum Gasteiger partial charge on any atom is -0.264 e. The van der Waals surface area contributed by atoms with Crippen molar-refractivity contribution in [1.82, 2.24) is 24.6 Å². The molecular weight excluding hydrogens is 214 g/mol. The van der Waals surface area contributed by atoms with Crippen LogP contribution < -0.4 is 0 Å². The summed E-state index contributed by atoms with van der Waals surface area (Å²) in [5, 5.41) is 6.51. The van der Waals surface area contributed by atoms with E-state index in [1.165, 1.54) is 0 Å². The van der Waals surface area contributed by atoms with E-state index >= 15 is 0 Å². The SMILES string of the molecule is c1cc2ncc3c(nn4ccncc34)c2cn1. The van der Waals surface area contributed by atoms with Crippen LogP contribution in [0.1, 0.15) is 0 Å². The third-order valence-corrected chi connectivity index (χ3v) is 2.86. The number of hydrogen-bond acceptors (Lipinski definition) is 4. The van der Waals surface area contributed by atoms with Crippen LogP contribution in [0.3, 0.4) is 0 Å². The van der Waals surface area contributed by atoms with Gasteiger partial charge in [-0.1, -0.05) is 0 Å². The summed E-state index contributed by atoms with van der Waals surface area (Å²) in [6.07, 6.45) is 10.7. The van der Waals surface area contributed by atoms with E-state index in [1.54, 1.807) is 24.8 Å². The molecule has 17 heavy (non-hydrogen) atoms. The first-order valence-electron chi connectivity index (χ1n) is 5.24. The van der Waals surface area contributed by atoms with Gasteiger partial charge in [0.15, 0.2) is 0 Å². The summed E-state index contributed by atoms with van der Waals surface area (Å²) in [5.41, 5.74) is 2.78.